The van der Waals surface area contributed by atoms with Crippen molar-refractivity contribution in [2.45, 2.75) is 47.0 Å². The van der Waals surface area contributed by atoms with Crippen LogP contribution in [0.25, 0.3) is 0 Å². The van der Waals surface area contributed by atoms with Crippen molar-refractivity contribution in [3.8, 4) is 0 Å². The Hall–Kier alpha value is -1.84. The SMILES string of the molecule is CC(C)C.CCCCc1ccccc1.COC(=O)CNC=O. The number of esters is 1. The Balaban J connectivity index is 0. The van der Waals surface area contributed by atoms with Gasteiger partial charge in [0.15, 0.2) is 0 Å². The molecule has 1 aromatic carbocycles. The molecule has 0 atom stereocenters. The first-order chi connectivity index (χ1) is 10.5. The predicted octanol–water partition coefficient (Wildman–Crippen LogP) is 3.60. The number of hydrogen-bond donors (Lipinski definition) is 1. The topological polar surface area (TPSA) is 55.4 Å². The molecule has 0 aromatic heterocycles. The van der Waals surface area contributed by atoms with Crippen molar-refractivity contribution in [1.82, 2.24) is 5.32 Å². The number of carbonyl (C=O) groups excluding carboxylic acids is 2. The van der Waals surface area contributed by atoms with Crippen LogP contribution in [0.4, 0.5) is 0 Å². The maximum atomic E-state index is 10.1. The van der Waals surface area contributed by atoms with Crippen LogP contribution < -0.4 is 5.32 Å². The van der Waals surface area contributed by atoms with Gasteiger partial charge < -0.3 is 10.1 Å². The maximum Gasteiger partial charge on any atom is 0.325 e. The van der Waals surface area contributed by atoms with Crippen LogP contribution in [-0.4, -0.2) is 26.0 Å². The summed E-state index contributed by atoms with van der Waals surface area (Å²) in [4.78, 5) is 19.6. The Morgan fingerprint density at radius 1 is 1.23 bits per heavy atom. The highest BCUT2D eigenvalue weighted by Crippen LogP contribution is 2.03. The van der Waals surface area contributed by atoms with Crippen molar-refractivity contribution in [3.05, 3.63) is 35.9 Å². The number of nitrogens with one attached hydrogen (secondary N) is 1. The van der Waals surface area contributed by atoms with Crippen LogP contribution in [0.3, 0.4) is 0 Å². The summed E-state index contributed by atoms with van der Waals surface area (Å²) in [7, 11) is 1.26. The van der Waals surface area contributed by atoms with E-state index in [9.17, 15) is 9.59 Å². The van der Waals surface area contributed by atoms with Gasteiger partial charge in [0.2, 0.25) is 6.41 Å². The van der Waals surface area contributed by atoms with Crippen LogP contribution in [0.1, 0.15) is 46.1 Å². The van der Waals surface area contributed by atoms with Gasteiger partial charge in [0.1, 0.15) is 6.54 Å². The minimum atomic E-state index is -0.447. The second-order valence-corrected chi connectivity index (χ2v) is 5.40. The van der Waals surface area contributed by atoms with Crippen molar-refractivity contribution < 1.29 is 14.3 Å². The van der Waals surface area contributed by atoms with Crippen LogP contribution in [0.15, 0.2) is 30.3 Å². The third-order valence-electron chi connectivity index (χ3n) is 2.22. The van der Waals surface area contributed by atoms with Gasteiger partial charge in [-0.2, -0.15) is 0 Å². The molecule has 22 heavy (non-hydrogen) atoms. The average molecular weight is 309 g/mol. The fourth-order valence-electron chi connectivity index (χ4n) is 1.22. The molecule has 0 aliphatic heterocycles. The zero-order valence-corrected chi connectivity index (χ0v) is 14.6. The molecule has 0 radical (unpaired) electrons. The highest BCUT2D eigenvalue weighted by molar-refractivity contribution is 5.73. The molecule has 1 rings (SSSR count). The zero-order chi connectivity index (χ0) is 17.2. The number of amides is 1. The summed E-state index contributed by atoms with van der Waals surface area (Å²) >= 11 is 0. The standard InChI is InChI=1S/C10H14.C4H7NO3.C4H10/c1-2-3-7-10-8-5-4-6-9-10;1-8-4(7)2-5-3-6;1-4(2)3/h4-6,8-9H,2-3,7H2,1H3;3H,2H2,1H3,(H,5,6);4H,1-3H3. The van der Waals surface area contributed by atoms with Crippen LogP contribution >= 0.6 is 0 Å². The number of unbranched alkanes of at least 4 members (excludes halogenated alkanes) is 1. The fourth-order valence-corrected chi connectivity index (χ4v) is 1.22. The zero-order valence-electron chi connectivity index (χ0n) is 14.6. The van der Waals surface area contributed by atoms with Gasteiger partial charge in [0.05, 0.1) is 7.11 Å². The molecule has 0 unspecified atom stereocenters. The van der Waals surface area contributed by atoms with E-state index >= 15 is 0 Å². The van der Waals surface area contributed by atoms with Gasteiger partial charge in [-0.25, -0.2) is 0 Å². The Kier molecular flexibility index (Phi) is 17.6. The Labute approximate surface area is 135 Å². The van der Waals surface area contributed by atoms with E-state index in [0.29, 0.717) is 6.41 Å². The number of rotatable bonds is 6. The molecular weight excluding hydrogens is 278 g/mol. The van der Waals surface area contributed by atoms with Gasteiger partial charge in [-0.15, -0.1) is 0 Å². The smallest absolute Gasteiger partial charge is 0.325 e. The van der Waals surface area contributed by atoms with E-state index in [1.165, 1.54) is 31.9 Å². The first-order valence-corrected chi connectivity index (χ1v) is 7.75. The first-order valence-electron chi connectivity index (χ1n) is 7.75. The monoisotopic (exact) mass is 309 g/mol. The van der Waals surface area contributed by atoms with Gasteiger partial charge in [-0.1, -0.05) is 64.4 Å². The van der Waals surface area contributed by atoms with Crippen LogP contribution in [0.5, 0.6) is 0 Å². The van der Waals surface area contributed by atoms with Crippen molar-refractivity contribution in [2.24, 2.45) is 5.92 Å². The summed E-state index contributed by atoms with van der Waals surface area (Å²) in [6.45, 7) is 8.67. The summed E-state index contributed by atoms with van der Waals surface area (Å²) < 4.78 is 4.19. The largest absolute Gasteiger partial charge is 0.468 e. The Morgan fingerprint density at radius 2 is 1.77 bits per heavy atom. The third kappa shape index (κ3) is 20.5. The highest BCUT2D eigenvalue weighted by atomic mass is 16.5. The highest BCUT2D eigenvalue weighted by Gasteiger charge is 1.93. The molecule has 4 heteroatoms. The summed E-state index contributed by atoms with van der Waals surface area (Å²) in [6.07, 6.45) is 4.27. The summed E-state index contributed by atoms with van der Waals surface area (Å²) in [5.74, 6) is 0.386. The van der Waals surface area contributed by atoms with E-state index in [-0.39, 0.29) is 6.54 Å². The molecule has 0 saturated heterocycles. The molecule has 0 fully saturated rings. The number of methoxy groups -OCH3 is 1. The number of carbonyl (C=O) groups is 2. The van der Waals surface area contributed by atoms with Gasteiger partial charge in [-0.05, 0) is 24.3 Å². The number of hydrogen-bond acceptors (Lipinski definition) is 3. The number of benzene rings is 1. The third-order valence-corrected chi connectivity index (χ3v) is 2.22. The molecule has 0 heterocycles. The molecular formula is C18H31NO3. The van der Waals surface area contributed by atoms with E-state index in [1.807, 2.05) is 0 Å². The molecule has 126 valence electrons. The lowest BCUT2D eigenvalue weighted by atomic mass is 10.1. The van der Waals surface area contributed by atoms with Gasteiger partial charge in [0, 0.05) is 0 Å². The molecule has 0 bridgehead atoms. The molecule has 0 aliphatic rings. The van der Waals surface area contributed by atoms with Gasteiger partial charge in [-0.3, -0.25) is 9.59 Å². The molecule has 1 aromatic rings. The minimum absolute atomic E-state index is 0.0556. The van der Waals surface area contributed by atoms with Crippen molar-refractivity contribution >= 4 is 12.4 Å². The lowest BCUT2D eigenvalue weighted by molar-refractivity contribution is -0.140. The van der Waals surface area contributed by atoms with Crippen molar-refractivity contribution in [3.63, 3.8) is 0 Å². The quantitative estimate of drug-likeness (QED) is 0.645. The van der Waals surface area contributed by atoms with Crippen LogP contribution in [0.2, 0.25) is 0 Å². The van der Waals surface area contributed by atoms with E-state index in [2.05, 4.69) is 68.1 Å². The molecule has 0 aliphatic carbocycles. The van der Waals surface area contributed by atoms with E-state index in [1.54, 1.807) is 0 Å². The lowest BCUT2D eigenvalue weighted by Gasteiger charge is -1.96. The second-order valence-electron chi connectivity index (χ2n) is 5.40. The van der Waals surface area contributed by atoms with E-state index in [0.717, 1.165) is 5.92 Å². The van der Waals surface area contributed by atoms with Crippen molar-refractivity contribution in [1.29, 1.82) is 0 Å². The maximum absolute atomic E-state index is 10.1. The van der Waals surface area contributed by atoms with Gasteiger partial charge in [0.25, 0.3) is 0 Å². The minimum Gasteiger partial charge on any atom is -0.468 e. The first kappa shape index (κ1) is 22.4. The van der Waals surface area contributed by atoms with E-state index < -0.39 is 5.97 Å². The fraction of sp³-hybridized carbons (Fsp3) is 0.556. The lowest BCUT2D eigenvalue weighted by Crippen LogP contribution is -2.21. The summed E-state index contributed by atoms with van der Waals surface area (Å²) in [5.41, 5.74) is 1.46. The molecule has 0 saturated carbocycles. The Bertz CT molecular complexity index is 361. The van der Waals surface area contributed by atoms with Crippen molar-refractivity contribution in [2.75, 3.05) is 13.7 Å². The predicted molar refractivity (Wildman–Crippen MR) is 91.6 cm³/mol. The van der Waals surface area contributed by atoms with Gasteiger partial charge >= 0.3 is 5.97 Å². The molecule has 1 N–H and O–H groups in total. The molecule has 0 spiro atoms. The summed E-state index contributed by atoms with van der Waals surface area (Å²) in [5, 5.41) is 2.14. The molecule has 1 amide bonds. The van der Waals surface area contributed by atoms with Crippen LogP contribution in [-0.2, 0) is 20.7 Å². The van der Waals surface area contributed by atoms with Crippen LogP contribution in [0, 0.1) is 5.92 Å². The van der Waals surface area contributed by atoms with E-state index in [4.69, 9.17) is 0 Å². The Morgan fingerprint density at radius 3 is 2.18 bits per heavy atom. The molecule has 4 nitrogen and oxygen atoms in total. The summed E-state index contributed by atoms with van der Waals surface area (Å²) in [6, 6.07) is 10.6. The normalized spacial score (nSPS) is 8.82. The average Bonchev–Trinajstić information content (AvgIpc) is 2.51. The number of aryl methyl sites for hydroxylation is 1. The number of ether oxygens (including phenoxy) is 1. The second kappa shape index (κ2) is 17.2.